The van der Waals surface area contributed by atoms with E-state index in [1.54, 1.807) is 17.5 Å². The first-order valence-electron chi connectivity index (χ1n) is 6.24. The van der Waals surface area contributed by atoms with Crippen LogP contribution < -0.4 is 11.3 Å². The second-order valence-electron chi connectivity index (χ2n) is 4.38. The topological polar surface area (TPSA) is 68.8 Å². The molecule has 0 amide bonds. The summed E-state index contributed by atoms with van der Waals surface area (Å²) in [7, 11) is 0. The quantitative estimate of drug-likeness (QED) is 0.635. The zero-order valence-corrected chi connectivity index (χ0v) is 12.6. The van der Waals surface area contributed by atoms with Gasteiger partial charge in [0.15, 0.2) is 0 Å². The van der Waals surface area contributed by atoms with E-state index in [4.69, 9.17) is 17.4 Å². The van der Waals surface area contributed by atoms with Crippen LogP contribution in [-0.4, -0.2) is 14.8 Å². The van der Waals surface area contributed by atoms with Crippen molar-refractivity contribution in [3.8, 4) is 0 Å². The molecule has 2 heterocycles. The first kappa shape index (κ1) is 14.5. The van der Waals surface area contributed by atoms with E-state index < -0.39 is 0 Å². The number of hydrogen-bond donors (Lipinski definition) is 2. The van der Waals surface area contributed by atoms with Crippen LogP contribution in [0.5, 0.6) is 0 Å². The molecule has 0 aliphatic heterocycles. The predicted octanol–water partition coefficient (Wildman–Crippen LogP) is 2.46. The van der Waals surface area contributed by atoms with Gasteiger partial charge in [-0.3, -0.25) is 16.0 Å². The summed E-state index contributed by atoms with van der Waals surface area (Å²) in [5.41, 5.74) is 4.77. The Bertz CT molecular complexity index is 536. The van der Waals surface area contributed by atoms with E-state index in [-0.39, 0.29) is 6.04 Å². The van der Waals surface area contributed by atoms with Crippen LogP contribution in [0.4, 0.5) is 0 Å². The van der Waals surface area contributed by atoms with Gasteiger partial charge in [0.2, 0.25) is 0 Å². The summed E-state index contributed by atoms with van der Waals surface area (Å²) in [5.74, 6) is 5.68. The van der Waals surface area contributed by atoms with Crippen LogP contribution in [0.2, 0.25) is 5.02 Å². The highest BCUT2D eigenvalue weighted by Crippen LogP contribution is 2.26. The Morgan fingerprint density at radius 2 is 2.37 bits per heavy atom. The number of thiazole rings is 1. The number of aromatic nitrogens is 3. The lowest BCUT2D eigenvalue weighted by Gasteiger charge is -2.17. The zero-order chi connectivity index (χ0) is 13.8. The van der Waals surface area contributed by atoms with E-state index in [2.05, 4.69) is 22.4 Å². The number of nitrogens with two attached hydrogens (primary N) is 1. The van der Waals surface area contributed by atoms with Crippen molar-refractivity contribution < 1.29 is 0 Å². The van der Waals surface area contributed by atoms with Crippen molar-refractivity contribution in [1.29, 1.82) is 0 Å². The van der Waals surface area contributed by atoms with Gasteiger partial charge in [-0.25, -0.2) is 4.98 Å². The van der Waals surface area contributed by atoms with E-state index >= 15 is 0 Å². The van der Waals surface area contributed by atoms with Crippen LogP contribution in [0.3, 0.4) is 0 Å². The van der Waals surface area contributed by atoms with E-state index in [9.17, 15) is 0 Å². The minimum Gasteiger partial charge on any atom is -0.271 e. The van der Waals surface area contributed by atoms with Gasteiger partial charge in [-0.2, -0.15) is 5.10 Å². The van der Waals surface area contributed by atoms with Gasteiger partial charge in [-0.15, -0.1) is 11.3 Å². The molecular formula is C12H18ClN5S. The summed E-state index contributed by atoms with van der Waals surface area (Å²) >= 11 is 7.87. The van der Waals surface area contributed by atoms with Crippen molar-refractivity contribution in [1.82, 2.24) is 20.2 Å². The summed E-state index contributed by atoms with van der Waals surface area (Å²) in [6.07, 6.45) is 3.37. The molecule has 0 aliphatic rings. The number of hydrazine groups is 1. The van der Waals surface area contributed by atoms with Crippen LogP contribution in [-0.2, 0) is 13.0 Å². The molecule has 0 aliphatic carbocycles. The number of nitrogens with one attached hydrogen (secondary N) is 1. The Hall–Kier alpha value is -0.950. The van der Waals surface area contributed by atoms with Gasteiger partial charge in [-0.1, -0.05) is 18.5 Å². The van der Waals surface area contributed by atoms with E-state index in [1.165, 1.54) is 0 Å². The van der Waals surface area contributed by atoms with E-state index in [0.29, 0.717) is 11.4 Å². The third kappa shape index (κ3) is 3.33. The Labute approximate surface area is 121 Å². The predicted molar refractivity (Wildman–Crippen MR) is 78.1 cm³/mol. The number of rotatable bonds is 6. The Morgan fingerprint density at radius 1 is 1.58 bits per heavy atom. The summed E-state index contributed by atoms with van der Waals surface area (Å²) < 4.78 is 1.91. The lowest BCUT2D eigenvalue weighted by atomic mass is 10.1. The molecule has 3 N–H and O–H groups in total. The van der Waals surface area contributed by atoms with Crippen molar-refractivity contribution in [2.24, 2.45) is 5.84 Å². The van der Waals surface area contributed by atoms with Gasteiger partial charge in [0.25, 0.3) is 0 Å². The molecule has 0 bridgehead atoms. The summed E-state index contributed by atoms with van der Waals surface area (Å²) in [6, 6.07) is -0.0805. The van der Waals surface area contributed by atoms with Crippen molar-refractivity contribution in [3.05, 3.63) is 33.0 Å². The molecule has 1 unspecified atom stereocenters. The molecular weight excluding hydrogens is 282 g/mol. The van der Waals surface area contributed by atoms with Crippen LogP contribution in [0.1, 0.15) is 35.8 Å². The largest absolute Gasteiger partial charge is 0.271 e. The lowest BCUT2D eigenvalue weighted by Crippen LogP contribution is -2.31. The normalized spacial score (nSPS) is 12.8. The average molecular weight is 300 g/mol. The van der Waals surface area contributed by atoms with Crippen molar-refractivity contribution >= 4 is 22.9 Å². The number of halogens is 1. The lowest BCUT2D eigenvalue weighted by molar-refractivity contribution is 0.475. The highest BCUT2D eigenvalue weighted by molar-refractivity contribution is 7.09. The highest BCUT2D eigenvalue weighted by Gasteiger charge is 2.20. The fraction of sp³-hybridized carbons (Fsp3) is 0.500. The summed E-state index contributed by atoms with van der Waals surface area (Å²) in [4.78, 5) is 4.46. The third-order valence-electron chi connectivity index (χ3n) is 2.88. The molecule has 0 fully saturated rings. The molecule has 0 saturated heterocycles. The first-order chi connectivity index (χ1) is 9.15. The Balaban J connectivity index is 2.23. The van der Waals surface area contributed by atoms with Gasteiger partial charge in [-0.05, 0) is 13.3 Å². The highest BCUT2D eigenvalue weighted by atomic mass is 35.5. The minimum atomic E-state index is -0.0805. The molecule has 2 rings (SSSR count). The first-order valence-corrected chi connectivity index (χ1v) is 7.49. The van der Waals surface area contributed by atoms with Gasteiger partial charge < -0.3 is 0 Å². The second kappa shape index (κ2) is 6.47. The SMILES string of the molecule is CCCn1ncc(Cl)c1C(Cc1csc(C)n1)NN. The maximum absolute atomic E-state index is 6.23. The molecule has 2 aromatic heterocycles. The molecule has 2 aromatic rings. The molecule has 0 aromatic carbocycles. The fourth-order valence-electron chi connectivity index (χ4n) is 2.05. The maximum atomic E-state index is 6.23. The third-order valence-corrected chi connectivity index (χ3v) is 3.99. The molecule has 104 valence electrons. The smallest absolute Gasteiger partial charge is 0.0897 e. The van der Waals surface area contributed by atoms with Crippen LogP contribution >= 0.6 is 22.9 Å². The molecule has 19 heavy (non-hydrogen) atoms. The minimum absolute atomic E-state index is 0.0805. The summed E-state index contributed by atoms with van der Waals surface area (Å²) in [6.45, 7) is 4.93. The fourth-order valence-corrected chi connectivity index (χ4v) is 2.95. The molecule has 0 radical (unpaired) electrons. The maximum Gasteiger partial charge on any atom is 0.0897 e. The zero-order valence-electron chi connectivity index (χ0n) is 11.1. The second-order valence-corrected chi connectivity index (χ2v) is 5.85. The van der Waals surface area contributed by atoms with Crippen molar-refractivity contribution in [2.75, 3.05) is 0 Å². The average Bonchev–Trinajstić information content (AvgIpc) is 2.94. The van der Waals surface area contributed by atoms with Crippen molar-refractivity contribution in [2.45, 2.75) is 39.3 Å². The van der Waals surface area contributed by atoms with E-state index in [0.717, 1.165) is 29.4 Å². The van der Waals surface area contributed by atoms with Crippen LogP contribution in [0, 0.1) is 6.92 Å². The van der Waals surface area contributed by atoms with Crippen LogP contribution in [0.25, 0.3) is 0 Å². The molecule has 5 nitrogen and oxygen atoms in total. The standard InChI is InChI=1S/C12H18ClN5S/c1-3-4-18-12(10(13)6-15-18)11(17-14)5-9-7-19-8(2)16-9/h6-7,11,17H,3-5,14H2,1-2H3. The number of nitrogens with zero attached hydrogens (tertiary/aromatic N) is 3. The number of aryl methyl sites for hydroxylation is 2. The molecule has 0 saturated carbocycles. The molecule has 7 heteroatoms. The molecule has 1 atom stereocenters. The van der Waals surface area contributed by atoms with Gasteiger partial charge >= 0.3 is 0 Å². The van der Waals surface area contributed by atoms with E-state index in [1.807, 2.05) is 17.0 Å². The van der Waals surface area contributed by atoms with Gasteiger partial charge in [0, 0.05) is 18.3 Å². The van der Waals surface area contributed by atoms with Gasteiger partial charge in [0.1, 0.15) is 0 Å². The van der Waals surface area contributed by atoms with Gasteiger partial charge in [0.05, 0.1) is 33.7 Å². The van der Waals surface area contributed by atoms with Crippen LogP contribution in [0.15, 0.2) is 11.6 Å². The monoisotopic (exact) mass is 299 g/mol. The Morgan fingerprint density at radius 3 is 2.95 bits per heavy atom. The number of hydrogen-bond acceptors (Lipinski definition) is 5. The van der Waals surface area contributed by atoms with Crippen molar-refractivity contribution in [3.63, 3.8) is 0 Å². The molecule has 0 spiro atoms. The summed E-state index contributed by atoms with van der Waals surface area (Å²) in [5, 5.41) is 8.04. The Kier molecular flexibility index (Phi) is 4.93.